The predicted molar refractivity (Wildman–Crippen MR) is 84.2 cm³/mol. The normalized spacial score (nSPS) is 17.9. The van der Waals surface area contributed by atoms with Crippen molar-refractivity contribution >= 4 is 10.0 Å². The van der Waals surface area contributed by atoms with Gasteiger partial charge in [0.05, 0.1) is 12.4 Å². The molecule has 0 aliphatic heterocycles. The zero-order valence-electron chi connectivity index (χ0n) is 12.7. The molecule has 0 amide bonds. The Morgan fingerprint density at radius 2 is 1.57 bits per heavy atom. The highest BCUT2D eigenvalue weighted by molar-refractivity contribution is 7.88. The van der Waals surface area contributed by atoms with E-state index in [4.69, 9.17) is 5.11 Å². The predicted octanol–water partition coefficient (Wildman–Crippen LogP) is 2.66. The number of hydrogen-bond donors (Lipinski definition) is 1. The molecule has 1 aliphatic carbocycles. The van der Waals surface area contributed by atoms with Crippen LogP contribution in [0.5, 0.6) is 0 Å². The fourth-order valence-corrected chi connectivity index (χ4v) is 4.38. The van der Waals surface area contributed by atoms with Crippen LogP contribution in [0, 0.1) is 0 Å². The van der Waals surface area contributed by atoms with Crippen molar-refractivity contribution in [3.8, 4) is 0 Å². The van der Waals surface area contributed by atoms with Gasteiger partial charge in [-0.05, 0) is 24.0 Å². The van der Waals surface area contributed by atoms with Gasteiger partial charge in [0, 0.05) is 13.1 Å². The molecule has 0 spiro atoms. The topological polar surface area (TPSA) is 57.6 Å². The van der Waals surface area contributed by atoms with Crippen molar-refractivity contribution in [2.45, 2.75) is 56.9 Å². The van der Waals surface area contributed by atoms with Crippen LogP contribution >= 0.6 is 0 Å². The van der Waals surface area contributed by atoms with E-state index in [0.29, 0.717) is 0 Å². The average molecular weight is 311 g/mol. The molecule has 21 heavy (non-hydrogen) atoms. The third-order valence-electron chi connectivity index (χ3n) is 4.33. The van der Waals surface area contributed by atoms with Gasteiger partial charge in [-0.1, -0.05) is 49.9 Å². The van der Waals surface area contributed by atoms with E-state index in [1.807, 2.05) is 0 Å². The minimum atomic E-state index is -3.28. The van der Waals surface area contributed by atoms with Gasteiger partial charge in [0.2, 0.25) is 10.0 Å². The van der Waals surface area contributed by atoms with Crippen molar-refractivity contribution in [3.05, 3.63) is 35.4 Å². The van der Waals surface area contributed by atoms with Gasteiger partial charge in [-0.15, -0.1) is 0 Å². The lowest BCUT2D eigenvalue weighted by atomic mass is 10.1. The molecule has 1 aromatic rings. The van der Waals surface area contributed by atoms with Crippen molar-refractivity contribution < 1.29 is 13.5 Å². The fourth-order valence-electron chi connectivity index (χ4n) is 2.90. The summed E-state index contributed by atoms with van der Waals surface area (Å²) in [6, 6.07) is 7.26. The third-order valence-corrected chi connectivity index (χ3v) is 6.21. The number of aliphatic hydroxyl groups is 1. The molecule has 118 valence electrons. The van der Waals surface area contributed by atoms with Crippen LogP contribution < -0.4 is 0 Å². The molecule has 0 radical (unpaired) electrons. The van der Waals surface area contributed by atoms with Crippen molar-refractivity contribution in [1.29, 1.82) is 0 Å². The Morgan fingerprint density at radius 3 is 2.10 bits per heavy atom. The first-order valence-corrected chi connectivity index (χ1v) is 9.28. The summed E-state index contributed by atoms with van der Waals surface area (Å²) in [5.74, 6) is 0.0334. The maximum atomic E-state index is 12.5. The highest BCUT2D eigenvalue weighted by Gasteiger charge is 2.26. The molecule has 1 N–H and O–H groups in total. The van der Waals surface area contributed by atoms with Crippen LogP contribution in [0.15, 0.2) is 24.3 Å². The first-order valence-electron chi connectivity index (χ1n) is 7.67. The Labute approximate surface area is 127 Å². The smallest absolute Gasteiger partial charge is 0.218 e. The molecule has 4 nitrogen and oxygen atoms in total. The molecule has 1 fully saturated rings. The molecule has 1 aliphatic rings. The summed E-state index contributed by atoms with van der Waals surface area (Å²) >= 11 is 0. The van der Waals surface area contributed by atoms with Crippen LogP contribution in [-0.4, -0.2) is 30.9 Å². The second kappa shape index (κ2) is 7.38. The summed E-state index contributed by atoms with van der Waals surface area (Å²) in [4.78, 5) is 0. The zero-order chi connectivity index (χ0) is 15.3. The number of rotatable bonds is 5. The van der Waals surface area contributed by atoms with E-state index in [9.17, 15) is 8.42 Å². The van der Waals surface area contributed by atoms with Crippen LogP contribution in [0.25, 0.3) is 0 Å². The van der Waals surface area contributed by atoms with Gasteiger partial charge in [0.25, 0.3) is 0 Å². The van der Waals surface area contributed by atoms with E-state index >= 15 is 0 Å². The summed E-state index contributed by atoms with van der Waals surface area (Å²) in [5, 5.41) is 9.02. The van der Waals surface area contributed by atoms with Crippen molar-refractivity contribution in [2.24, 2.45) is 0 Å². The van der Waals surface area contributed by atoms with Crippen LogP contribution in [0.3, 0.4) is 0 Å². The molecule has 1 aromatic carbocycles. The third kappa shape index (κ3) is 4.53. The van der Waals surface area contributed by atoms with E-state index < -0.39 is 10.0 Å². The number of sulfonamides is 1. The molecule has 0 bridgehead atoms. The van der Waals surface area contributed by atoms with Gasteiger partial charge in [-0.25, -0.2) is 12.7 Å². The number of hydrogen-bond acceptors (Lipinski definition) is 3. The highest BCUT2D eigenvalue weighted by Crippen LogP contribution is 2.24. The van der Waals surface area contributed by atoms with Crippen molar-refractivity contribution in [3.63, 3.8) is 0 Å². The standard InChI is InChI=1S/C16H25NO3S/c1-17(16-6-4-2-3-5-7-16)21(19,20)13-15-10-8-14(12-18)9-11-15/h8-11,16,18H,2-7,12-13H2,1H3. The first-order chi connectivity index (χ1) is 10.0. The highest BCUT2D eigenvalue weighted by atomic mass is 32.2. The minimum absolute atomic E-state index is 0.0188. The molecule has 5 heteroatoms. The first kappa shape index (κ1) is 16.5. The Morgan fingerprint density at radius 1 is 1.05 bits per heavy atom. The Hall–Kier alpha value is -0.910. The van der Waals surface area contributed by atoms with E-state index in [-0.39, 0.29) is 18.4 Å². The zero-order valence-corrected chi connectivity index (χ0v) is 13.5. The second-order valence-electron chi connectivity index (χ2n) is 5.89. The summed E-state index contributed by atoms with van der Waals surface area (Å²) in [5.41, 5.74) is 1.57. The van der Waals surface area contributed by atoms with Crippen LogP contribution in [0.1, 0.15) is 49.7 Å². The number of nitrogens with zero attached hydrogens (tertiary/aromatic N) is 1. The quantitative estimate of drug-likeness (QED) is 0.851. The van der Waals surface area contributed by atoms with Gasteiger partial charge < -0.3 is 5.11 Å². The average Bonchev–Trinajstić information content (AvgIpc) is 2.76. The molecular formula is C16H25NO3S. The fraction of sp³-hybridized carbons (Fsp3) is 0.625. The molecule has 0 unspecified atom stereocenters. The Bertz CT molecular complexity index is 531. The lowest BCUT2D eigenvalue weighted by Crippen LogP contribution is -2.37. The molecule has 2 rings (SSSR count). The van der Waals surface area contributed by atoms with Gasteiger partial charge >= 0.3 is 0 Å². The van der Waals surface area contributed by atoms with E-state index in [1.54, 1.807) is 35.6 Å². The summed E-state index contributed by atoms with van der Waals surface area (Å²) in [6.45, 7) is -0.0188. The maximum absolute atomic E-state index is 12.5. The van der Waals surface area contributed by atoms with Gasteiger partial charge in [0.1, 0.15) is 0 Å². The van der Waals surface area contributed by atoms with E-state index in [0.717, 1.165) is 36.8 Å². The van der Waals surface area contributed by atoms with Crippen LogP contribution in [0.2, 0.25) is 0 Å². The van der Waals surface area contributed by atoms with Gasteiger partial charge in [-0.3, -0.25) is 0 Å². The minimum Gasteiger partial charge on any atom is -0.392 e. The van der Waals surface area contributed by atoms with Crippen molar-refractivity contribution in [1.82, 2.24) is 4.31 Å². The Kier molecular flexibility index (Phi) is 5.79. The molecule has 0 aromatic heterocycles. The molecule has 0 saturated heterocycles. The van der Waals surface area contributed by atoms with Crippen LogP contribution in [-0.2, 0) is 22.4 Å². The lowest BCUT2D eigenvalue weighted by Gasteiger charge is -2.26. The van der Waals surface area contributed by atoms with Crippen molar-refractivity contribution in [2.75, 3.05) is 7.05 Å². The SMILES string of the molecule is CN(C1CCCCCC1)S(=O)(=O)Cc1ccc(CO)cc1. The van der Waals surface area contributed by atoms with E-state index in [2.05, 4.69) is 0 Å². The molecule has 0 atom stereocenters. The van der Waals surface area contributed by atoms with Crippen LogP contribution in [0.4, 0.5) is 0 Å². The largest absolute Gasteiger partial charge is 0.392 e. The molecular weight excluding hydrogens is 286 g/mol. The lowest BCUT2D eigenvalue weighted by molar-refractivity contribution is 0.282. The molecule has 0 heterocycles. The Balaban J connectivity index is 2.05. The monoisotopic (exact) mass is 311 g/mol. The summed E-state index contributed by atoms with van der Waals surface area (Å²) < 4.78 is 26.7. The summed E-state index contributed by atoms with van der Waals surface area (Å²) in [6.07, 6.45) is 6.61. The van der Waals surface area contributed by atoms with Gasteiger partial charge in [0.15, 0.2) is 0 Å². The number of aliphatic hydroxyl groups excluding tert-OH is 1. The van der Waals surface area contributed by atoms with E-state index in [1.165, 1.54) is 12.8 Å². The second-order valence-corrected chi connectivity index (χ2v) is 7.92. The number of benzene rings is 1. The maximum Gasteiger partial charge on any atom is 0.218 e. The van der Waals surface area contributed by atoms with Gasteiger partial charge in [-0.2, -0.15) is 0 Å². The molecule has 1 saturated carbocycles. The summed E-state index contributed by atoms with van der Waals surface area (Å²) in [7, 11) is -1.56.